The fourth-order valence-corrected chi connectivity index (χ4v) is 3.98. The summed E-state index contributed by atoms with van der Waals surface area (Å²) in [6, 6.07) is 3.65. The largest absolute Gasteiger partial charge is 0.447 e. The van der Waals surface area contributed by atoms with Gasteiger partial charge in [0.15, 0.2) is 9.84 Å². The van der Waals surface area contributed by atoms with Crippen molar-refractivity contribution >= 4 is 15.9 Å². The lowest BCUT2D eigenvalue weighted by atomic mass is 10.1. The van der Waals surface area contributed by atoms with Crippen molar-refractivity contribution in [1.82, 2.24) is 15.0 Å². The van der Waals surface area contributed by atoms with Crippen LogP contribution in [0.15, 0.2) is 27.6 Å². The Hall–Kier alpha value is -2.53. The van der Waals surface area contributed by atoms with Gasteiger partial charge in [-0.05, 0) is 51.8 Å². The summed E-state index contributed by atoms with van der Waals surface area (Å²) in [5.41, 5.74) is 0.295. The van der Waals surface area contributed by atoms with E-state index in [-0.39, 0.29) is 34.9 Å². The summed E-state index contributed by atoms with van der Waals surface area (Å²) in [7, 11) is -3.66. The van der Waals surface area contributed by atoms with E-state index >= 15 is 0 Å². The number of piperidine rings is 1. The molecule has 0 aliphatic carbocycles. The number of ether oxygens (including phenoxy) is 2. The molecular weight excluding hydrogens is 429 g/mol. The minimum absolute atomic E-state index is 0.0834. The Morgan fingerprint density at radius 2 is 1.94 bits per heavy atom. The Balaban J connectivity index is 1.59. The molecular formula is C20H26FN3O6S. The molecule has 1 aliphatic heterocycles. The topological polar surface area (TPSA) is 112 Å². The number of likely N-dealkylation sites (tertiary alicyclic amines) is 1. The van der Waals surface area contributed by atoms with Crippen LogP contribution in [0.4, 0.5) is 9.18 Å². The Bertz CT molecular complexity index is 1030. The lowest BCUT2D eigenvalue weighted by Crippen LogP contribution is -2.42. The molecule has 0 bridgehead atoms. The molecule has 1 amide bonds. The molecule has 0 saturated carbocycles. The Labute approximate surface area is 180 Å². The highest BCUT2D eigenvalue weighted by molar-refractivity contribution is 7.90. The summed E-state index contributed by atoms with van der Waals surface area (Å²) in [5.74, 6) is -0.515. The van der Waals surface area contributed by atoms with E-state index in [1.807, 2.05) is 13.8 Å². The van der Waals surface area contributed by atoms with Crippen LogP contribution in [0, 0.1) is 5.82 Å². The lowest BCUT2D eigenvalue weighted by Gasteiger charge is -2.32. The number of rotatable bonds is 6. The van der Waals surface area contributed by atoms with Gasteiger partial charge < -0.3 is 18.9 Å². The van der Waals surface area contributed by atoms with Gasteiger partial charge >= 0.3 is 6.09 Å². The maximum atomic E-state index is 14.1. The van der Waals surface area contributed by atoms with Crippen LogP contribution in [0.25, 0.3) is 11.4 Å². The molecule has 3 rings (SSSR count). The zero-order valence-corrected chi connectivity index (χ0v) is 18.7. The molecule has 2 aromatic rings. The van der Waals surface area contributed by atoms with E-state index in [2.05, 4.69) is 10.1 Å². The number of sulfone groups is 1. The van der Waals surface area contributed by atoms with E-state index < -0.39 is 21.8 Å². The highest BCUT2D eigenvalue weighted by Gasteiger charge is 2.27. The summed E-state index contributed by atoms with van der Waals surface area (Å²) >= 11 is 0. The average Bonchev–Trinajstić information content (AvgIpc) is 3.17. The van der Waals surface area contributed by atoms with Gasteiger partial charge in [-0.25, -0.2) is 17.6 Å². The third-order valence-corrected chi connectivity index (χ3v) is 5.94. The number of benzene rings is 1. The molecule has 0 radical (unpaired) electrons. The van der Waals surface area contributed by atoms with Gasteiger partial charge in [-0.3, -0.25) is 0 Å². The van der Waals surface area contributed by atoms with Gasteiger partial charge in [0.05, 0.1) is 12.2 Å². The summed E-state index contributed by atoms with van der Waals surface area (Å²) in [6.07, 6.45) is 1.17. The number of carbonyl (C=O) groups is 1. The van der Waals surface area contributed by atoms with Gasteiger partial charge in [-0.2, -0.15) is 4.98 Å². The summed E-state index contributed by atoms with van der Waals surface area (Å²) in [5, 5.41) is 3.84. The highest BCUT2D eigenvalue weighted by atomic mass is 32.2. The highest BCUT2D eigenvalue weighted by Crippen LogP contribution is 2.26. The fraction of sp³-hybridized carbons (Fsp3) is 0.550. The van der Waals surface area contributed by atoms with Gasteiger partial charge in [-0.1, -0.05) is 5.16 Å². The second-order valence-electron chi connectivity index (χ2n) is 7.77. The average molecular weight is 456 g/mol. The number of hydrogen-bond donors (Lipinski definition) is 0. The van der Waals surface area contributed by atoms with Crippen LogP contribution in [-0.4, -0.2) is 61.1 Å². The number of amides is 1. The number of aromatic nitrogens is 2. The maximum Gasteiger partial charge on any atom is 0.410 e. The standard InChI is InChI=1S/C20H26FN3O6S/c1-12(2)28-20(25)24-9-7-15(8-10-24)29-13(3)19-22-18(23-30-19)14-5-6-17(16(21)11-14)31(4,26)27/h5-6,11-13,15H,7-10H2,1-4H3/t13-/m1/s1. The van der Waals surface area contributed by atoms with E-state index in [4.69, 9.17) is 14.0 Å². The van der Waals surface area contributed by atoms with Crippen molar-refractivity contribution in [2.75, 3.05) is 19.3 Å². The maximum absolute atomic E-state index is 14.1. The fourth-order valence-electron chi connectivity index (χ4n) is 3.26. The van der Waals surface area contributed by atoms with Gasteiger partial charge in [0, 0.05) is 24.9 Å². The van der Waals surface area contributed by atoms with E-state index in [0.29, 0.717) is 31.5 Å². The number of halogens is 1. The normalized spacial score (nSPS) is 16.5. The first-order valence-corrected chi connectivity index (χ1v) is 11.9. The van der Waals surface area contributed by atoms with Gasteiger partial charge in [0.25, 0.3) is 5.89 Å². The zero-order valence-electron chi connectivity index (χ0n) is 17.9. The molecule has 170 valence electrons. The Morgan fingerprint density at radius 1 is 1.26 bits per heavy atom. The molecule has 9 nitrogen and oxygen atoms in total. The van der Waals surface area contributed by atoms with E-state index in [1.54, 1.807) is 11.8 Å². The molecule has 11 heteroatoms. The van der Waals surface area contributed by atoms with Crippen molar-refractivity contribution in [3.8, 4) is 11.4 Å². The van der Waals surface area contributed by atoms with Crippen LogP contribution in [-0.2, 0) is 19.3 Å². The number of nitrogens with zero attached hydrogens (tertiary/aromatic N) is 3. The third kappa shape index (κ3) is 5.79. The first-order chi connectivity index (χ1) is 14.5. The van der Waals surface area contributed by atoms with E-state index in [9.17, 15) is 17.6 Å². The van der Waals surface area contributed by atoms with Crippen LogP contribution in [0.1, 0.15) is 45.6 Å². The predicted octanol–water partition coefficient (Wildman–Crippen LogP) is 3.37. The van der Waals surface area contributed by atoms with Crippen LogP contribution >= 0.6 is 0 Å². The number of carbonyl (C=O) groups excluding carboxylic acids is 1. The molecule has 1 saturated heterocycles. The lowest BCUT2D eigenvalue weighted by molar-refractivity contribution is -0.0475. The molecule has 0 spiro atoms. The van der Waals surface area contributed by atoms with Crippen LogP contribution in [0.5, 0.6) is 0 Å². The molecule has 0 N–H and O–H groups in total. The summed E-state index contributed by atoms with van der Waals surface area (Å²) in [6.45, 7) is 6.45. The minimum atomic E-state index is -3.66. The second-order valence-corrected chi connectivity index (χ2v) is 9.75. The van der Waals surface area contributed by atoms with Crippen molar-refractivity contribution in [3.63, 3.8) is 0 Å². The quantitative estimate of drug-likeness (QED) is 0.652. The Morgan fingerprint density at radius 3 is 2.52 bits per heavy atom. The van der Waals surface area contributed by atoms with Crippen molar-refractivity contribution in [2.24, 2.45) is 0 Å². The summed E-state index contributed by atoms with van der Waals surface area (Å²) < 4.78 is 53.7. The molecule has 1 aromatic carbocycles. The zero-order chi connectivity index (χ0) is 22.8. The molecule has 1 fully saturated rings. The van der Waals surface area contributed by atoms with Crippen molar-refractivity contribution < 1.29 is 31.6 Å². The smallest absolute Gasteiger partial charge is 0.410 e. The first kappa shape index (κ1) is 23.1. The van der Waals surface area contributed by atoms with Crippen molar-refractivity contribution in [3.05, 3.63) is 29.9 Å². The second kappa shape index (κ2) is 9.31. The van der Waals surface area contributed by atoms with Gasteiger partial charge in [0.2, 0.25) is 5.82 Å². The third-order valence-electron chi connectivity index (χ3n) is 4.81. The van der Waals surface area contributed by atoms with Gasteiger partial charge in [-0.15, -0.1) is 0 Å². The minimum Gasteiger partial charge on any atom is -0.447 e. The first-order valence-electron chi connectivity index (χ1n) is 9.99. The van der Waals surface area contributed by atoms with Crippen molar-refractivity contribution in [2.45, 2.75) is 56.8 Å². The van der Waals surface area contributed by atoms with Crippen LogP contribution < -0.4 is 0 Å². The SMILES string of the molecule is CC(C)OC(=O)N1CCC(O[C@H](C)c2nc(-c3ccc(S(C)(=O)=O)c(F)c3)no2)CC1. The molecule has 1 atom stereocenters. The van der Waals surface area contributed by atoms with E-state index in [1.165, 1.54) is 12.1 Å². The molecule has 2 heterocycles. The van der Waals surface area contributed by atoms with Gasteiger partial charge in [0.1, 0.15) is 16.8 Å². The monoisotopic (exact) mass is 455 g/mol. The summed E-state index contributed by atoms with van der Waals surface area (Å²) in [4.78, 5) is 17.5. The van der Waals surface area contributed by atoms with Crippen molar-refractivity contribution in [1.29, 1.82) is 0 Å². The molecule has 1 aliphatic rings. The predicted molar refractivity (Wildman–Crippen MR) is 109 cm³/mol. The van der Waals surface area contributed by atoms with E-state index in [0.717, 1.165) is 12.3 Å². The Kier molecular flexibility index (Phi) is 6.95. The van der Waals surface area contributed by atoms with Crippen LogP contribution in [0.2, 0.25) is 0 Å². The number of hydrogen-bond acceptors (Lipinski definition) is 8. The molecule has 0 unspecified atom stereocenters. The van der Waals surface area contributed by atoms with Crippen LogP contribution in [0.3, 0.4) is 0 Å². The molecule has 1 aromatic heterocycles. The molecule has 31 heavy (non-hydrogen) atoms.